The Morgan fingerprint density at radius 2 is 2.33 bits per heavy atom. The van der Waals surface area contributed by atoms with Gasteiger partial charge in [-0.1, -0.05) is 6.58 Å². The molecule has 0 saturated heterocycles. The Morgan fingerprint density at radius 3 is 2.75 bits per heavy atom. The van der Waals surface area contributed by atoms with Crippen molar-refractivity contribution in [2.45, 2.75) is 0 Å². The summed E-state index contributed by atoms with van der Waals surface area (Å²) in [5.74, 6) is -0.819. The van der Waals surface area contributed by atoms with Gasteiger partial charge < -0.3 is 14.9 Å². The van der Waals surface area contributed by atoms with E-state index in [0.29, 0.717) is 6.67 Å². The molecular weight excluding hydrogens is 224 g/mol. The molecule has 1 aliphatic rings. The molecule has 4 nitrogen and oxygen atoms in total. The Morgan fingerprint density at radius 1 is 1.67 bits per heavy atom. The van der Waals surface area contributed by atoms with Gasteiger partial charge in [0.25, 0.3) is 0 Å². The first-order valence-corrected chi connectivity index (χ1v) is 3.25. The Bertz CT molecular complexity index is 206. The molecule has 1 aliphatic heterocycles. The molecule has 0 unspecified atom stereocenters. The maximum absolute atomic E-state index is 10.2. The van der Waals surface area contributed by atoms with Gasteiger partial charge in [-0.25, -0.2) is 0 Å². The van der Waals surface area contributed by atoms with Crippen LogP contribution >= 0.6 is 17.0 Å². The second-order valence-electron chi connectivity index (χ2n) is 2.28. The smallest absolute Gasteiger partial charge is 0.323 e. The molecule has 0 aromatic rings. The van der Waals surface area contributed by atoms with Gasteiger partial charge in [0.15, 0.2) is 0 Å². The van der Waals surface area contributed by atoms with E-state index in [0.717, 1.165) is 0 Å². The SMILES string of the molecule is Br.C=CN1C=CN(CC(=O)O)C1. The van der Waals surface area contributed by atoms with E-state index in [4.69, 9.17) is 5.11 Å². The van der Waals surface area contributed by atoms with Crippen LogP contribution in [0.25, 0.3) is 0 Å². The summed E-state index contributed by atoms with van der Waals surface area (Å²) < 4.78 is 0. The fourth-order valence-corrected chi connectivity index (χ4v) is 0.879. The number of carbonyl (C=O) groups is 1. The van der Waals surface area contributed by atoms with Gasteiger partial charge in [0, 0.05) is 12.4 Å². The number of carboxylic acid groups (broad SMARTS) is 1. The lowest BCUT2D eigenvalue weighted by atomic mass is 10.6. The van der Waals surface area contributed by atoms with Gasteiger partial charge in [-0.05, 0) is 6.20 Å². The van der Waals surface area contributed by atoms with Crippen LogP contribution in [0.3, 0.4) is 0 Å². The van der Waals surface area contributed by atoms with Gasteiger partial charge >= 0.3 is 5.97 Å². The van der Waals surface area contributed by atoms with Crippen molar-refractivity contribution < 1.29 is 9.90 Å². The van der Waals surface area contributed by atoms with Gasteiger partial charge in [0.2, 0.25) is 0 Å². The molecule has 0 bridgehead atoms. The first kappa shape index (κ1) is 11.0. The monoisotopic (exact) mass is 234 g/mol. The predicted octanol–water partition coefficient (Wildman–Crippen LogP) is 0.839. The Kier molecular flexibility index (Phi) is 4.43. The molecule has 0 aliphatic carbocycles. The summed E-state index contributed by atoms with van der Waals surface area (Å²) in [4.78, 5) is 13.7. The van der Waals surface area contributed by atoms with Crippen LogP contribution in [-0.2, 0) is 4.79 Å². The van der Waals surface area contributed by atoms with Crippen LogP contribution in [0.2, 0.25) is 0 Å². The maximum atomic E-state index is 10.2. The van der Waals surface area contributed by atoms with E-state index in [1.165, 1.54) is 0 Å². The second-order valence-corrected chi connectivity index (χ2v) is 2.28. The van der Waals surface area contributed by atoms with E-state index >= 15 is 0 Å². The molecule has 0 radical (unpaired) electrons. The van der Waals surface area contributed by atoms with Gasteiger partial charge in [0.05, 0.1) is 6.67 Å². The third kappa shape index (κ3) is 2.96. The minimum Gasteiger partial charge on any atom is -0.480 e. The molecular formula is C7H11BrN2O2. The number of hydrogen-bond donors (Lipinski definition) is 1. The first-order chi connectivity index (χ1) is 5.22. The number of rotatable bonds is 3. The minimum absolute atomic E-state index is 0. The van der Waals surface area contributed by atoms with Gasteiger partial charge in [-0.3, -0.25) is 4.79 Å². The van der Waals surface area contributed by atoms with E-state index in [-0.39, 0.29) is 23.5 Å². The van der Waals surface area contributed by atoms with E-state index in [9.17, 15) is 4.79 Å². The number of carboxylic acids is 1. The third-order valence-corrected chi connectivity index (χ3v) is 1.39. The summed E-state index contributed by atoms with van der Waals surface area (Å²) in [5.41, 5.74) is 0. The van der Waals surface area contributed by atoms with Crippen molar-refractivity contribution in [3.05, 3.63) is 25.2 Å². The molecule has 0 aromatic heterocycles. The van der Waals surface area contributed by atoms with Crippen LogP contribution in [-0.4, -0.2) is 34.1 Å². The van der Waals surface area contributed by atoms with Gasteiger partial charge in [-0.2, -0.15) is 0 Å². The van der Waals surface area contributed by atoms with Crippen molar-refractivity contribution >= 4 is 23.0 Å². The lowest BCUT2D eigenvalue weighted by Crippen LogP contribution is -2.27. The van der Waals surface area contributed by atoms with Crippen LogP contribution in [0.4, 0.5) is 0 Å². The van der Waals surface area contributed by atoms with Crippen molar-refractivity contribution in [2.75, 3.05) is 13.2 Å². The molecule has 0 atom stereocenters. The molecule has 0 saturated carbocycles. The molecule has 12 heavy (non-hydrogen) atoms. The fraction of sp³-hybridized carbons (Fsp3) is 0.286. The van der Waals surface area contributed by atoms with E-state index in [1.807, 2.05) is 4.90 Å². The third-order valence-electron chi connectivity index (χ3n) is 1.39. The number of nitrogens with zero attached hydrogens (tertiary/aromatic N) is 2. The largest absolute Gasteiger partial charge is 0.480 e. The molecule has 0 fully saturated rings. The molecule has 1 heterocycles. The lowest BCUT2D eigenvalue weighted by Gasteiger charge is -2.15. The second kappa shape index (κ2) is 4.82. The Labute approximate surface area is 81.5 Å². The minimum atomic E-state index is -0.819. The number of hydrogen-bond acceptors (Lipinski definition) is 3. The zero-order valence-electron chi connectivity index (χ0n) is 6.51. The van der Waals surface area contributed by atoms with Crippen LogP contribution in [0.5, 0.6) is 0 Å². The molecule has 0 amide bonds. The van der Waals surface area contributed by atoms with Crippen molar-refractivity contribution in [2.24, 2.45) is 0 Å². The summed E-state index contributed by atoms with van der Waals surface area (Å²) in [6, 6.07) is 0. The standard InChI is InChI=1S/C7H10N2O2.BrH/c1-2-8-3-4-9(6-8)5-7(10)11;/h2-4H,1,5-6H2,(H,10,11);1H. The fourth-order valence-electron chi connectivity index (χ4n) is 0.879. The van der Waals surface area contributed by atoms with Crippen molar-refractivity contribution in [3.63, 3.8) is 0 Å². The summed E-state index contributed by atoms with van der Waals surface area (Å²) in [5, 5.41) is 8.41. The summed E-state index contributed by atoms with van der Waals surface area (Å²) >= 11 is 0. The zero-order chi connectivity index (χ0) is 8.27. The van der Waals surface area contributed by atoms with Crippen molar-refractivity contribution in [1.82, 2.24) is 9.80 Å². The maximum Gasteiger partial charge on any atom is 0.323 e. The van der Waals surface area contributed by atoms with Gasteiger partial charge in [-0.15, -0.1) is 17.0 Å². The lowest BCUT2D eigenvalue weighted by molar-refractivity contribution is -0.137. The average molecular weight is 235 g/mol. The van der Waals surface area contributed by atoms with Crippen LogP contribution in [0.1, 0.15) is 0 Å². The van der Waals surface area contributed by atoms with E-state index in [2.05, 4.69) is 6.58 Å². The number of aliphatic carboxylic acids is 1. The van der Waals surface area contributed by atoms with Crippen LogP contribution in [0.15, 0.2) is 25.2 Å². The van der Waals surface area contributed by atoms with E-state index < -0.39 is 5.97 Å². The highest BCUT2D eigenvalue weighted by Gasteiger charge is 2.11. The summed E-state index contributed by atoms with van der Waals surface area (Å²) in [7, 11) is 0. The molecule has 0 aromatic carbocycles. The highest BCUT2D eigenvalue weighted by atomic mass is 79.9. The average Bonchev–Trinajstić information content (AvgIpc) is 2.34. The highest BCUT2D eigenvalue weighted by molar-refractivity contribution is 8.93. The Balaban J connectivity index is 0.00000121. The quantitative estimate of drug-likeness (QED) is 0.787. The topological polar surface area (TPSA) is 43.8 Å². The number of halogens is 1. The predicted molar refractivity (Wildman–Crippen MR) is 50.7 cm³/mol. The van der Waals surface area contributed by atoms with Crippen LogP contribution < -0.4 is 0 Å². The normalized spacial score (nSPS) is 14.3. The Hall–Kier alpha value is -0.970. The molecule has 1 rings (SSSR count). The molecule has 0 spiro atoms. The summed E-state index contributed by atoms with van der Waals surface area (Å²) in [6.45, 7) is 4.18. The summed E-state index contributed by atoms with van der Waals surface area (Å²) in [6.07, 6.45) is 5.17. The van der Waals surface area contributed by atoms with Crippen molar-refractivity contribution in [1.29, 1.82) is 0 Å². The molecule has 68 valence electrons. The first-order valence-electron chi connectivity index (χ1n) is 3.25. The van der Waals surface area contributed by atoms with E-state index in [1.54, 1.807) is 23.5 Å². The van der Waals surface area contributed by atoms with Gasteiger partial charge in [0.1, 0.15) is 6.54 Å². The highest BCUT2D eigenvalue weighted by Crippen LogP contribution is 2.04. The van der Waals surface area contributed by atoms with Crippen LogP contribution in [0, 0.1) is 0 Å². The van der Waals surface area contributed by atoms with Crippen molar-refractivity contribution in [3.8, 4) is 0 Å². The zero-order valence-corrected chi connectivity index (χ0v) is 8.22. The molecule has 1 N–H and O–H groups in total. The molecule has 5 heteroatoms.